The summed E-state index contributed by atoms with van der Waals surface area (Å²) in [6.07, 6.45) is -1.41. The molecule has 0 aliphatic heterocycles. The normalized spacial score (nSPS) is 13.0. The smallest absolute Gasteiger partial charge is 0.148 e. The summed E-state index contributed by atoms with van der Waals surface area (Å²) < 4.78 is 24.9. The van der Waals surface area contributed by atoms with Gasteiger partial charge in [-0.3, -0.25) is 0 Å². The van der Waals surface area contributed by atoms with Crippen molar-refractivity contribution >= 4 is 0 Å². The third-order valence-corrected chi connectivity index (χ3v) is 1.39. The quantitative estimate of drug-likeness (QED) is 0.696. The first-order valence-corrected chi connectivity index (χ1v) is 3.24. The van der Waals surface area contributed by atoms with Crippen LogP contribution in [0.1, 0.15) is 11.7 Å². The van der Waals surface area contributed by atoms with Crippen LogP contribution in [0.25, 0.3) is 0 Å². The Morgan fingerprint density at radius 3 is 2.27 bits per heavy atom. The van der Waals surface area contributed by atoms with Gasteiger partial charge < -0.3 is 5.11 Å². The summed E-state index contributed by atoms with van der Waals surface area (Å²) in [7, 11) is 0. The maximum Gasteiger partial charge on any atom is 0.148 e. The van der Waals surface area contributed by atoms with Crippen molar-refractivity contribution < 1.29 is 13.9 Å². The Morgan fingerprint density at radius 2 is 1.82 bits per heavy atom. The van der Waals surface area contributed by atoms with Crippen LogP contribution < -0.4 is 0 Å². The molecule has 0 aromatic heterocycles. The van der Waals surface area contributed by atoms with E-state index < -0.39 is 18.6 Å². The van der Waals surface area contributed by atoms with Gasteiger partial charge in [0.1, 0.15) is 12.0 Å². The second-order valence-electron chi connectivity index (χ2n) is 2.20. The van der Waals surface area contributed by atoms with E-state index in [4.69, 9.17) is 5.11 Å². The van der Waals surface area contributed by atoms with E-state index in [2.05, 4.69) is 0 Å². The first kappa shape index (κ1) is 8.14. The minimum atomic E-state index is -1.41. The molecule has 0 heterocycles. The largest absolute Gasteiger partial charge is 0.393 e. The zero-order valence-corrected chi connectivity index (χ0v) is 5.80. The van der Waals surface area contributed by atoms with Crippen LogP contribution in [-0.4, -0.2) is 11.7 Å². The molecule has 0 fully saturated rings. The molecule has 0 amide bonds. The third-order valence-electron chi connectivity index (χ3n) is 1.39. The Morgan fingerprint density at radius 1 is 1.27 bits per heavy atom. The molecule has 0 spiro atoms. The average Bonchev–Trinajstić information content (AvgIpc) is 2.05. The van der Waals surface area contributed by atoms with E-state index >= 15 is 0 Å². The predicted octanol–water partition coefficient (Wildman–Crippen LogP) is 1.83. The van der Waals surface area contributed by atoms with Crippen LogP contribution in [0.5, 0.6) is 0 Å². The Labute approximate surface area is 63.3 Å². The second-order valence-corrected chi connectivity index (χ2v) is 2.20. The van der Waals surface area contributed by atoms with Gasteiger partial charge in [-0.25, -0.2) is 8.78 Å². The molecule has 0 unspecified atom stereocenters. The fraction of sp³-hybridized carbons (Fsp3) is 0.250. The summed E-state index contributed by atoms with van der Waals surface area (Å²) in [5.74, 6) is -0.404. The second kappa shape index (κ2) is 3.44. The fourth-order valence-electron chi connectivity index (χ4n) is 0.777. The number of rotatable bonds is 2. The molecule has 1 aromatic carbocycles. The number of benzene rings is 1. The van der Waals surface area contributed by atoms with Crippen LogP contribution in [-0.2, 0) is 0 Å². The van der Waals surface area contributed by atoms with Gasteiger partial charge >= 0.3 is 0 Å². The highest BCUT2D eigenvalue weighted by Crippen LogP contribution is 2.16. The molecule has 0 aliphatic carbocycles. The van der Waals surface area contributed by atoms with E-state index in [9.17, 15) is 8.78 Å². The molecule has 3 heteroatoms. The molecule has 0 bridgehead atoms. The summed E-state index contributed by atoms with van der Waals surface area (Å²) in [5.41, 5.74) is 0.300. The van der Waals surface area contributed by atoms with E-state index in [0.717, 1.165) is 12.1 Å². The maximum atomic E-state index is 12.6. The highest BCUT2D eigenvalue weighted by molar-refractivity contribution is 5.18. The van der Waals surface area contributed by atoms with Crippen LogP contribution in [0, 0.1) is 5.82 Å². The van der Waals surface area contributed by atoms with Gasteiger partial charge in [0.2, 0.25) is 0 Å². The average molecular weight is 158 g/mol. The van der Waals surface area contributed by atoms with Gasteiger partial charge in [-0.1, -0.05) is 12.1 Å². The van der Waals surface area contributed by atoms with E-state index in [1.807, 2.05) is 0 Å². The molecule has 11 heavy (non-hydrogen) atoms. The molecule has 1 aromatic rings. The molecule has 1 atom stereocenters. The van der Waals surface area contributed by atoms with Crippen molar-refractivity contribution in [1.82, 2.24) is 0 Å². The zero-order valence-electron chi connectivity index (χ0n) is 5.80. The van der Waals surface area contributed by atoms with E-state index in [0.29, 0.717) is 5.56 Å². The van der Waals surface area contributed by atoms with Gasteiger partial charge in [-0.05, 0) is 17.7 Å². The zero-order chi connectivity index (χ0) is 8.27. The molecular weight excluding hydrogens is 150 g/mol. The lowest BCUT2D eigenvalue weighted by Gasteiger charge is -2.02. The molecule has 0 radical (unpaired) electrons. The number of hydrogen-bond acceptors (Lipinski definition) is 1. The molecule has 0 aliphatic rings. The fourth-order valence-corrected chi connectivity index (χ4v) is 0.777. The molecule has 0 saturated heterocycles. The lowest BCUT2D eigenvalue weighted by Crippen LogP contribution is -1.96. The van der Waals surface area contributed by atoms with Crippen molar-refractivity contribution in [2.45, 2.75) is 6.17 Å². The van der Waals surface area contributed by atoms with Gasteiger partial charge in [0.05, 0.1) is 6.61 Å². The lowest BCUT2D eigenvalue weighted by molar-refractivity contribution is 0.180. The third kappa shape index (κ3) is 1.98. The predicted molar refractivity (Wildman–Crippen MR) is 37.3 cm³/mol. The summed E-state index contributed by atoms with van der Waals surface area (Å²) in [6.45, 7) is -0.564. The Kier molecular flexibility index (Phi) is 2.54. The van der Waals surface area contributed by atoms with Gasteiger partial charge in [-0.15, -0.1) is 0 Å². The lowest BCUT2D eigenvalue weighted by atomic mass is 10.1. The van der Waals surface area contributed by atoms with Crippen molar-refractivity contribution in [2.24, 2.45) is 0 Å². The van der Waals surface area contributed by atoms with E-state index in [-0.39, 0.29) is 0 Å². The van der Waals surface area contributed by atoms with E-state index in [1.165, 1.54) is 12.1 Å². The van der Waals surface area contributed by atoms with Crippen molar-refractivity contribution in [3.05, 3.63) is 35.6 Å². The highest BCUT2D eigenvalue weighted by Gasteiger charge is 2.06. The monoisotopic (exact) mass is 158 g/mol. The minimum Gasteiger partial charge on any atom is -0.393 e. The number of aliphatic hydroxyl groups excluding tert-OH is 1. The Bertz CT molecular complexity index is 220. The van der Waals surface area contributed by atoms with Crippen molar-refractivity contribution in [3.8, 4) is 0 Å². The number of hydrogen-bond donors (Lipinski definition) is 1. The molecular formula is C8H8F2O. The van der Waals surface area contributed by atoms with Crippen LogP contribution in [0.4, 0.5) is 8.78 Å². The molecule has 0 saturated carbocycles. The summed E-state index contributed by atoms with van der Waals surface area (Å²) in [4.78, 5) is 0. The molecule has 1 nitrogen and oxygen atoms in total. The minimum absolute atomic E-state index is 0.300. The van der Waals surface area contributed by atoms with Crippen molar-refractivity contribution in [2.75, 3.05) is 6.61 Å². The van der Waals surface area contributed by atoms with Crippen molar-refractivity contribution in [1.29, 1.82) is 0 Å². The summed E-state index contributed by atoms with van der Waals surface area (Å²) >= 11 is 0. The van der Waals surface area contributed by atoms with Gasteiger partial charge in [-0.2, -0.15) is 0 Å². The Balaban J connectivity index is 2.81. The summed E-state index contributed by atoms with van der Waals surface area (Å²) in [5, 5.41) is 8.39. The van der Waals surface area contributed by atoms with Gasteiger partial charge in [0, 0.05) is 0 Å². The van der Waals surface area contributed by atoms with Crippen LogP contribution >= 0.6 is 0 Å². The number of aliphatic hydroxyl groups is 1. The first-order valence-electron chi connectivity index (χ1n) is 3.24. The molecule has 1 N–H and O–H groups in total. The first-order chi connectivity index (χ1) is 5.24. The van der Waals surface area contributed by atoms with Gasteiger partial charge in [0.25, 0.3) is 0 Å². The van der Waals surface area contributed by atoms with Crippen LogP contribution in [0.3, 0.4) is 0 Å². The number of alkyl halides is 1. The molecule has 1 rings (SSSR count). The Hall–Kier alpha value is -0.960. The number of halogens is 2. The van der Waals surface area contributed by atoms with Crippen LogP contribution in [0.15, 0.2) is 24.3 Å². The van der Waals surface area contributed by atoms with Gasteiger partial charge in [0.15, 0.2) is 0 Å². The SMILES string of the molecule is OC[C@H](F)c1ccc(F)cc1. The molecule has 60 valence electrons. The standard InChI is InChI=1S/C8H8F2O/c9-7-3-1-6(2-4-7)8(10)5-11/h1-4,8,11H,5H2/t8-/m0/s1. The summed E-state index contributed by atoms with van der Waals surface area (Å²) in [6, 6.07) is 4.96. The van der Waals surface area contributed by atoms with E-state index in [1.54, 1.807) is 0 Å². The van der Waals surface area contributed by atoms with Crippen molar-refractivity contribution in [3.63, 3.8) is 0 Å². The highest BCUT2D eigenvalue weighted by atomic mass is 19.1. The topological polar surface area (TPSA) is 20.2 Å². The van der Waals surface area contributed by atoms with Crippen LogP contribution in [0.2, 0.25) is 0 Å². The maximum absolute atomic E-state index is 12.6.